The van der Waals surface area contributed by atoms with Gasteiger partial charge in [-0.25, -0.2) is 0 Å². The zero-order chi connectivity index (χ0) is 16.7. The summed E-state index contributed by atoms with van der Waals surface area (Å²) in [6.45, 7) is 11.9. The van der Waals surface area contributed by atoms with Crippen LogP contribution in [0.3, 0.4) is 0 Å². The summed E-state index contributed by atoms with van der Waals surface area (Å²) in [5.74, 6) is -0.336. The minimum absolute atomic E-state index is 0.336. The molecule has 0 fully saturated rings. The first kappa shape index (κ1) is 18.7. The number of nitrogens with zero attached hydrogens (tertiary/aromatic N) is 1. The highest BCUT2D eigenvalue weighted by Crippen LogP contribution is 2.14. The van der Waals surface area contributed by atoms with Crippen LogP contribution in [0, 0.1) is 0 Å². The molecule has 0 radical (unpaired) electrons. The SMILES string of the molecule is CCOC(=O)C(N)Cc1ccc(CN(C(C)C)C(C)C)cc1. The summed E-state index contributed by atoms with van der Waals surface area (Å²) < 4.78 is 4.93. The van der Waals surface area contributed by atoms with Crippen LogP contribution in [0.5, 0.6) is 0 Å². The van der Waals surface area contributed by atoms with Crippen molar-refractivity contribution in [3.05, 3.63) is 35.4 Å². The molecule has 1 rings (SSSR count). The third-order valence-electron chi connectivity index (χ3n) is 3.76. The van der Waals surface area contributed by atoms with Crippen molar-refractivity contribution in [3.8, 4) is 0 Å². The summed E-state index contributed by atoms with van der Waals surface area (Å²) >= 11 is 0. The molecule has 0 saturated heterocycles. The Labute approximate surface area is 134 Å². The Morgan fingerprint density at radius 2 is 1.59 bits per heavy atom. The first-order valence-corrected chi connectivity index (χ1v) is 8.10. The van der Waals surface area contributed by atoms with E-state index in [1.807, 2.05) is 12.1 Å². The predicted octanol–water partition coefficient (Wildman–Crippen LogP) is 2.74. The molecule has 0 aliphatic rings. The molecule has 124 valence electrons. The first-order valence-electron chi connectivity index (χ1n) is 8.10. The molecule has 0 aliphatic heterocycles. The number of hydrogen-bond acceptors (Lipinski definition) is 4. The van der Waals surface area contributed by atoms with Gasteiger partial charge in [-0.2, -0.15) is 0 Å². The third-order valence-corrected chi connectivity index (χ3v) is 3.76. The van der Waals surface area contributed by atoms with Gasteiger partial charge < -0.3 is 10.5 Å². The van der Waals surface area contributed by atoms with E-state index in [4.69, 9.17) is 10.5 Å². The lowest BCUT2D eigenvalue weighted by Crippen LogP contribution is -2.36. The van der Waals surface area contributed by atoms with Crippen molar-refractivity contribution in [3.63, 3.8) is 0 Å². The van der Waals surface area contributed by atoms with E-state index < -0.39 is 6.04 Å². The second-order valence-electron chi connectivity index (χ2n) is 6.24. The van der Waals surface area contributed by atoms with Crippen LogP contribution in [-0.4, -0.2) is 35.6 Å². The number of benzene rings is 1. The lowest BCUT2D eigenvalue weighted by atomic mass is 10.0. The van der Waals surface area contributed by atoms with Crippen LogP contribution in [0.2, 0.25) is 0 Å². The van der Waals surface area contributed by atoms with Gasteiger partial charge in [0.15, 0.2) is 0 Å². The third kappa shape index (κ3) is 5.78. The van der Waals surface area contributed by atoms with Crippen LogP contribution in [-0.2, 0) is 22.5 Å². The van der Waals surface area contributed by atoms with Gasteiger partial charge in [0.2, 0.25) is 0 Å². The van der Waals surface area contributed by atoms with Gasteiger partial charge in [0.1, 0.15) is 6.04 Å². The number of carbonyl (C=O) groups is 1. The normalized spacial score (nSPS) is 13.0. The fraction of sp³-hybridized carbons (Fsp3) is 0.611. The lowest BCUT2D eigenvalue weighted by Gasteiger charge is -2.30. The van der Waals surface area contributed by atoms with E-state index >= 15 is 0 Å². The maximum Gasteiger partial charge on any atom is 0.323 e. The van der Waals surface area contributed by atoms with E-state index in [1.165, 1.54) is 5.56 Å². The van der Waals surface area contributed by atoms with Crippen LogP contribution in [0.25, 0.3) is 0 Å². The molecule has 1 aromatic carbocycles. The van der Waals surface area contributed by atoms with Crippen molar-refractivity contribution >= 4 is 5.97 Å². The number of hydrogen-bond donors (Lipinski definition) is 1. The molecular formula is C18H30N2O2. The van der Waals surface area contributed by atoms with E-state index in [0.717, 1.165) is 12.1 Å². The Balaban J connectivity index is 2.64. The number of esters is 1. The molecule has 0 amide bonds. The number of ether oxygens (including phenoxy) is 1. The molecule has 1 aromatic rings. The Hall–Kier alpha value is -1.39. The van der Waals surface area contributed by atoms with Crippen LogP contribution >= 0.6 is 0 Å². The quantitative estimate of drug-likeness (QED) is 0.750. The molecule has 4 nitrogen and oxygen atoms in total. The van der Waals surface area contributed by atoms with Crippen LogP contribution in [0.1, 0.15) is 45.7 Å². The standard InChI is InChI=1S/C18H30N2O2/c1-6-22-18(21)17(19)11-15-7-9-16(10-8-15)12-20(13(2)3)14(4)5/h7-10,13-14,17H,6,11-12,19H2,1-5H3. The zero-order valence-corrected chi connectivity index (χ0v) is 14.5. The van der Waals surface area contributed by atoms with E-state index in [2.05, 4.69) is 44.7 Å². The van der Waals surface area contributed by atoms with Gasteiger partial charge in [-0.15, -0.1) is 0 Å². The molecule has 0 spiro atoms. The molecular weight excluding hydrogens is 276 g/mol. The van der Waals surface area contributed by atoms with Crippen LogP contribution in [0.15, 0.2) is 24.3 Å². The van der Waals surface area contributed by atoms with Crippen molar-refractivity contribution in [2.24, 2.45) is 5.73 Å². The number of rotatable bonds is 8. The summed E-state index contributed by atoms with van der Waals surface area (Å²) in [4.78, 5) is 14.0. The Bertz CT molecular complexity index is 447. The highest BCUT2D eigenvalue weighted by molar-refractivity contribution is 5.75. The van der Waals surface area contributed by atoms with Gasteiger partial charge in [0.25, 0.3) is 0 Å². The number of nitrogens with two attached hydrogens (primary N) is 1. The molecule has 0 aromatic heterocycles. The van der Waals surface area contributed by atoms with E-state index in [-0.39, 0.29) is 5.97 Å². The fourth-order valence-electron chi connectivity index (χ4n) is 2.54. The second-order valence-corrected chi connectivity index (χ2v) is 6.24. The van der Waals surface area contributed by atoms with Gasteiger partial charge in [-0.3, -0.25) is 9.69 Å². The molecule has 0 saturated carbocycles. The van der Waals surface area contributed by atoms with Gasteiger partial charge in [0, 0.05) is 18.6 Å². The summed E-state index contributed by atoms with van der Waals surface area (Å²) in [5.41, 5.74) is 8.18. The van der Waals surface area contributed by atoms with Gasteiger partial charge in [-0.05, 0) is 52.2 Å². The van der Waals surface area contributed by atoms with Gasteiger partial charge in [-0.1, -0.05) is 24.3 Å². The average Bonchev–Trinajstić information content (AvgIpc) is 2.45. The van der Waals surface area contributed by atoms with Gasteiger partial charge in [0.05, 0.1) is 6.61 Å². The molecule has 1 unspecified atom stereocenters. The Morgan fingerprint density at radius 1 is 1.09 bits per heavy atom. The fourth-order valence-corrected chi connectivity index (χ4v) is 2.54. The maximum atomic E-state index is 11.6. The van der Waals surface area contributed by atoms with Crippen molar-refractivity contribution < 1.29 is 9.53 Å². The smallest absolute Gasteiger partial charge is 0.323 e. The Kier molecular flexibility index (Phi) is 7.56. The summed E-state index contributed by atoms with van der Waals surface area (Å²) in [6, 6.07) is 8.76. The molecule has 2 N–H and O–H groups in total. The summed E-state index contributed by atoms with van der Waals surface area (Å²) in [5, 5.41) is 0. The molecule has 0 heterocycles. The molecule has 0 aliphatic carbocycles. The largest absolute Gasteiger partial charge is 0.465 e. The molecule has 0 bridgehead atoms. The second kappa shape index (κ2) is 8.91. The van der Waals surface area contributed by atoms with E-state index in [9.17, 15) is 4.79 Å². The van der Waals surface area contributed by atoms with Crippen molar-refractivity contribution in [1.82, 2.24) is 4.90 Å². The van der Waals surface area contributed by atoms with E-state index in [0.29, 0.717) is 25.1 Å². The van der Waals surface area contributed by atoms with Crippen molar-refractivity contribution in [1.29, 1.82) is 0 Å². The van der Waals surface area contributed by atoms with Crippen molar-refractivity contribution in [2.45, 2.75) is 65.7 Å². The van der Waals surface area contributed by atoms with Gasteiger partial charge >= 0.3 is 5.97 Å². The molecule has 1 atom stereocenters. The minimum atomic E-state index is -0.589. The van der Waals surface area contributed by atoms with Crippen LogP contribution in [0.4, 0.5) is 0 Å². The zero-order valence-electron chi connectivity index (χ0n) is 14.5. The molecule has 22 heavy (non-hydrogen) atoms. The predicted molar refractivity (Wildman–Crippen MR) is 90.6 cm³/mol. The maximum absolute atomic E-state index is 11.6. The highest BCUT2D eigenvalue weighted by atomic mass is 16.5. The van der Waals surface area contributed by atoms with E-state index in [1.54, 1.807) is 6.92 Å². The van der Waals surface area contributed by atoms with Crippen LogP contribution < -0.4 is 5.73 Å². The van der Waals surface area contributed by atoms with Crippen molar-refractivity contribution in [2.75, 3.05) is 6.61 Å². The Morgan fingerprint density at radius 3 is 2.05 bits per heavy atom. The minimum Gasteiger partial charge on any atom is -0.465 e. The number of carbonyl (C=O) groups excluding carboxylic acids is 1. The molecule has 4 heteroatoms. The average molecular weight is 306 g/mol. The summed E-state index contributed by atoms with van der Waals surface area (Å²) in [7, 11) is 0. The monoisotopic (exact) mass is 306 g/mol. The topological polar surface area (TPSA) is 55.6 Å². The highest BCUT2D eigenvalue weighted by Gasteiger charge is 2.16. The lowest BCUT2D eigenvalue weighted by molar-refractivity contribution is -0.144. The first-order chi connectivity index (χ1) is 10.3. The summed E-state index contributed by atoms with van der Waals surface area (Å²) in [6.07, 6.45) is 0.511.